The molecule has 144 valence electrons. The smallest absolute Gasteiger partial charge is 0.320 e. The van der Waals surface area contributed by atoms with Crippen LogP contribution in [0.4, 0.5) is 10.6 Å². The number of carbonyl (C=O) groups excluding carboxylic acids is 1. The van der Waals surface area contributed by atoms with E-state index in [9.17, 15) is 13.2 Å². The van der Waals surface area contributed by atoms with Gasteiger partial charge in [0, 0.05) is 42.0 Å². The number of sulfone groups is 1. The van der Waals surface area contributed by atoms with Gasteiger partial charge in [-0.2, -0.15) is 0 Å². The van der Waals surface area contributed by atoms with Gasteiger partial charge in [0.1, 0.15) is 5.82 Å². The van der Waals surface area contributed by atoms with Crippen LogP contribution in [0, 0.1) is 0 Å². The molecule has 0 aliphatic carbocycles. The second kappa shape index (κ2) is 7.64. The highest BCUT2D eigenvalue weighted by atomic mass is 32.2. The van der Waals surface area contributed by atoms with Crippen LogP contribution in [-0.2, 0) is 16.3 Å². The summed E-state index contributed by atoms with van der Waals surface area (Å²) in [5.41, 5.74) is 9.05. The molecule has 2 N–H and O–H groups in total. The van der Waals surface area contributed by atoms with Crippen LogP contribution in [-0.4, -0.2) is 42.5 Å². The topological polar surface area (TPSA) is 106 Å². The number of rotatable bonds is 5. The monoisotopic (exact) mass is 388 g/mol. The fourth-order valence-corrected chi connectivity index (χ4v) is 4.51. The first-order valence-corrected chi connectivity index (χ1v) is 10.8. The Kier molecular flexibility index (Phi) is 5.46. The van der Waals surface area contributed by atoms with Crippen LogP contribution in [0.1, 0.15) is 37.3 Å². The summed E-state index contributed by atoms with van der Waals surface area (Å²) >= 11 is 0. The number of amides is 2. The first-order valence-electron chi connectivity index (χ1n) is 9.02. The zero-order valence-corrected chi connectivity index (χ0v) is 16.4. The molecule has 2 aromatic heterocycles. The molecule has 27 heavy (non-hydrogen) atoms. The highest BCUT2D eigenvalue weighted by Crippen LogP contribution is 2.30. The summed E-state index contributed by atoms with van der Waals surface area (Å²) in [6.07, 6.45) is 6.82. The summed E-state index contributed by atoms with van der Waals surface area (Å²) in [7, 11) is -3.06. The summed E-state index contributed by atoms with van der Waals surface area (Å²) in [6.45, 7) is 4.13. The van der Waals surface area contributed by atoms with Crippen LogP contribution in [0.3, 0.4) is 0 Å². The molecule has 0 aromatic carbocycles. The highest BCUT2D eigenvalue weighted by Gasteiger charge is 2.23. The average molecular weight is 388 g/mol. The van der Waals surface area contributed by atoms with E-state index < -0.39 is 15.9 Å². The Morgan fingerprint density at radius 3 is 2.70 bits per heavy atom. The Balaban J connectivity index is 1.91. The van der Waals surface area contributed by atoms with E-state index in [0.717, 1.165) is 35.1 Å². The molecular formula is C19H24N4O3S. The second-order valence-electron chi connectivity index (χ2n) is 6.91. The summed E-state index contributed by atoms with van der Waals surface area (Å²) < 4.78 is 23.8. The summed E-state index contributed by atoms with van der Waals surface area (Å²) in [5, 5.41) is 0. The molecule has 2 aromatic rings. The van der Waals surface area contributed by atoms with Crippen molar-refractivity contribution in [3.05, 3.63) is 41.9 Å². The lowest BCUT2D eigenvalue weighted by Gasteiger charge is -2.27. The number of hydrogen-bond donors (Lipinski definition) is 1. The number of fused-ring (bicyclic) bond motifs is 1. The van der Waals surface area contributed by atoms with Crippen molar-refractivity contribution in [3.63, 3.8) is 0 Å². The first-order chi connectivity index (χ1) is 12.8. The van der Waals surface area contributed by atoms with E-state index in [1.54, 1.807) is 25.5 Å². The molecule has 0 saturated heterocycles. The van der Waals surface area contributed by atoms with Crippen molar-refractivity contribution in [2.75, 3.05) is 23.0 Å². The molecule has 1 atom stereocenters. The lowest BCUT2D eigenvalue weighted by molar-refractivity contribution is 0.253. The number of nitrogens with two attached hydrogens (primary N) is 1. The molecule has 0 unspecified atom stereocenters. The number of aromatic nitrogens is 2. The van der Waals surface area contributed by atoms with Crippen LogP contribution >= 0.6 is 0 Å². The molecule has 0 spiro atoms. The minimum atomic E-state index is -3.06. The quantitative estimate of drug-likeness (QED) is 0.847. The van der Waals surface area contributed by atoms with Crippen LogP contribution in [0.5, 0.6) is 0 Å². The Morgan fingerprint density at radius 2 is 2.00 bits per heavy atom. The number of pyridine rings is 2. The van der Waals surface area contributed by atoms with Crippen molar-refractivity contribution in [2.45, 2.75) is 32.6 Å². The number of primary amides is 1. The van der Waals surface area contributed by atoms with Crippen LogP contribution in [0.15, 0.2) is 30.7 Å². The van der Waals surface area contributed by atoms with Crippen molar-refractivity contribution >= 4 is 21.7 Å². The normalized spacial score (nSPS) is 15.3. The Bertz CT molecular complexity index is 959. The van der Waals surface area contributed by atoms with Gasteiger partial charge < -0.3 is 5.73 Å². The predicted octanol–water partition coefficient (Wildman–Crippen LogP) is 2.51. The molecular weight excluding hydrogens is 364 g/mol. The van der Waals surface area contributed by atoms with Crippen molar-refractivity contribution in [1.29, 1.82) is 0 Å². The predicted molar refractivity (Wildman–Crippen MR) is 105 cm³/mol. The highest BCUT2D eigenvalue weighted by molar-refractivity contribution is 7.91. The molecule has 3 heterocycles. The van der Waals surface area contributed by atoms with E-state index in [-0.39, 0.29) is 17.4 Å². The van der Waals surface area contributed by atoms with Gasteiger partial charge in [0.2, 0.25) is 0 Å². The maximum atomic E-state index is 11.9. The molecule has 0 bridgehead atoms. The van der Waals surface area contributed by atoms with E-state index in [4.69, 9.17) is 5.73 Å². The van der Waals surface area contributed by atoms with Gasteiger partial charge in [0.15, 0.2) is 9.84 Å². The molecule has 0 fully saturated rings. The van der Waals surface area contributed by atoms with E-state index in [1.807, 2.05) is 19.1 Å². The first kappa shape index (κ1) is 19.3. The largest absolute Gasteiger partial charge is 0.351 e. The van der Waals surface area contributed by atoms with E-state index in [2.05, 4.69) is 9.97 Å². The zero-order chi connectivity index (χ0) is 19.6. The van der Waals surface area contributed by atoms with Crippen LogP contribution in [0.2, 0.25) is 0 Å². The Labute approximate surface area is 159 Å². The minimum Gasteiger partial charge on any atom is -0.351 e. The maximum absolute atomic E-state index is 11.9. The van der Waals surface area contributed by atoms with Gasteiger partial charge in [-0.05, 0) is 42.0 Å². The molecule has 3 rings (SSSR count). The number of anilines is 1. The number of aryl methyl sites for hydroxylation is 1. The molecule has 7 nitrogen and oxygen atoms in total. The molecule has 0 radical (unpaired) electrons. The molecule has 1 aliphatic heterocycles. The van der Waals surface area contributed by atoms with Gasteiger partial charge in [0.25, 0.3) is 0 Å². The van der Waals surface area contributed by atoms with Crippen molar-refractivity contribution in [3.8, 4) is 11.1 Å². The molecule has 2 amide bonds. The van der Waals surface area contributed by atoms with E-state index >= 15 is 0 Å². The minimum absolute atomic E-state index is 0.102. The van der Waals surface area contributed by atoms with Gasteiger partial charge in [0.05, 0.1) is 5.75 Å². The number of urea groups is 1. The van der Waals surface area contributed by atoms with Gasteiger partial charge >= 0.3 is 6.03 Å². The SMILES string of the molecule is CCS(=O)(=O)C[C@@H](C)c1cncc(-c2cnc3c(c2)CCCN3C(N)=O)c1. The third-order valence-electron chi connectivity index (χ3n) is 4.90. The van der Waals surface area contributed by atoms with Gasteiger partial charge in [-0.3, -0.25) is 9.88 Å². The summed E-state index contributed by atoms with van der Waals surface area (Å²) in [6, 6.07) is 3.47. The average Bonchev–Trinajstić information content (AvgIpc) is 2.66. The lowest BCUT2D eigenvalue weighted by Crippen LogP contribution is -2.40. The third kappa shape index (κ3) is 4.27. The summed E-state index contributed by atoms with van der Waals surface area (Å²) in [4.78, 5) is 21.8. The van der Waals surface area contributed by atoms with Gasteiger partial charge in [-0.25, -0.2) is 18.2 Å². The van der Waals surface area contributed by atoms with E-state index in [0.29, 0.717) is 12.4 Å². The number of hydrogen-bond acceptors (Lipinski definition) is 5. The van der Waals surface area contributed by atoms with Crippen molar-refractivity contribution < 1.29 is 13.2 Å². The maximum Gasteiger partial charge on any atom is 0.320 e. The second-order valence-corrected chi connectivity index (χ2v) is 9.30. The fraction of sp³-hybridized carbons (Fsp3) is 0.421. The van der Waals surface area contributed by atoms with Gasteiger partial charge in [-0.1, -0.05) is 13.8 Å². The molecule has 1 aliphatic rings. The fourth-order valence-electron chi connectivity index (χ4n) is 3.32. The summed E-state index contributed by atoms with van der Waals surface area (Å²) in [5.74, 6) is 0.711. The van der Waals surface area contributed by atoms with Crippen molar-refractivity contribution in [1.82, 2.24) is 9.97 Å². The Morgan fingerprint density at radius 1 is 1.26 bits per heavy atom. The Hall–Kier alpha value is -2.48. The van der Waals surface area contributed by atoms with Crippen LogP contribution < -0.4 is 10.6 Å². The van der Waals surface area contributed by atoms with E-state index in [1.165, 1.54) is 4.90 Å². The standard InChI is InChI=1S/C19H24N4O3S/c1-3-27(25,26)12-13(2)15-8-16(10-21-9-15)17-7-14-5-4-6-23(19(20)24)18(14)22-11-17/h7-11,13H,3-6,12H2,1-2H3,(H2,20,24)/t13-/m1/s1. The number of nitrogens with zero attached hydrogens (tertiary/aromatic N) is 3. The van der Waals surface area contributed by atoms with Crippen molar-refractivity contribution in [2.24, 2.45) is 5.73 Å². The number of carbonyl (C=O) groups is 1. The van der Waals surface area contributed by atoms with Crippen LogP contribution in [0.25, 0.3) is 11.1 Å². The van der Waals surface area contributed by atoms with Gasteiger partial charge in [-0.15, -0.1) is 0 Å². The zero-order valence-electron chi connectivity index (χ0n) is 15.6. The lowest BCUT2D eigenvalue weighted by atomic mass is 9.98. The molecule has 8 heteroatoms. The molecule has 0 saturated carbocycles. The third-order valence-corrected chi connectivity index (χ3v) is 6.79.